The Morgan fingerprint density at radius 3 is 2.85 bits per heavy atom. The van der Waals surface area contributed by atoms with Crippen LogP contribution in [0.25, 0.3) is 0 Å². The number of nitrogens with zero attached hydrogens (tertiary/aromatic N) is 4. The van der Waals surface area contributed by atoms with E-state index in [1.54, 1.807) is 11.7 Å². The summed E-state index contributed by atoms with van der Waals surface area (Å²) in [4.78, 5) is 12.2. The number of Topliss-reactive ketones (excluding diaryl/α,β-unsaturated/α-hetero) is 1. The third kappa shape index (κ3) is 2.75. The molecule has 0 spiro atoms. The molecule has 1 aromatic heterocycles. The van der Waals surface area contributed by atoms with E-state index >= 15 is 0 Å². The van der Waals surface area contributed by atoms with Crippen LogP contribution >= 0.6 is 11.8 Å². The van der Waals surface area contributed by atoms with Crippen molar-refractivity contribution >= 4 is 17.5 Å². The van der Waals surface area contributed by atoms with Crippen molar-refractivity contribution in [2.75, 3.05) is 5.75 Å². The molecule has 1 heterocycles. The molecule has 104 valence electrons. The summed E-state index contributed by atoms with van der Waals surface area (Å²) in [5, 5.41) is 11.8. The van der Waals surface area contributed by atoms with Gasteiger partial charge in [-0.1, -0.05) is 23.9 Å². The second-order valence-corrected chi connectivity index (χ2v) is 5.93. The summed E-state index contributed by atoms with van der Waals surface area (Å²) in [6.07, 6.45) is 4.72. The van der Waals surface area contributed by atoms with Crippen molar-refractivity contribution < 1.29 is 4.79 Å². The van der Waals surface area contributed by atoms with Gasteiger partial charge < -0.3 is 0 Å². The first-order valence-corrected chi connectivity index (χ1v) is 7.73. The van der Waals surface area contributed by atoms with Crippen molar-refractivity contribution in [3.8, 4) is 0 Å². The zero-order valence-electron chi connectivity index (χ0n) is 11.4. The highest BCUT2D eigenvalue weighted by atomic mass is 32.2. The fourth-order valence-corrected chi connectivity index (χ4v) is 3.21. The lowest BCUT2D eigenvalue weighted by Crippen LogP contribution is -2.08. The summed E-state index contributed by atoms with van der Waals surface area (Å²) in [7, 11) is 1.77. The molecule has 0 atom stereocenters. The monoisotopic (exact) mass is 288 g/mol. The number of benzene rings is 1. The molecule has 0 fully saturated rings. The molecule has 5 nitrogen and oxygen atoms in total. The Kier molecular flexibility index (Phi) is 3.82. The van der Waals surface area contributed by atoms with Gasteiger partial charge in [0.2, 0.25) is 5.16 Å². The Bertz CT molecular complexity index is 638. The number of carbonyl (C=O) groups is 1. The Morgan fingerprint density at radius 2 is 2.10 bits per heavy atom. The number of tetrazole rings is 1. The van der Waals surface area contributed by atoms with Gasteiger partial charge in [-0.15, -0.1) is 5.10 Å². The summed E-state index contributed by atoms with van der Waals surface area (Å²) >= 11 is 1.37. The first-order chi connectivity index (χ1) is 9.74. The SMILES string of the molecule is Cn1nnnc1SCC(=O)c1ccc2c(c1)CCCC2. The maximum Gasteiger partial charge on any atom is 0.209 e. The number of aromatic nitrogens is 4. The number of carbonyl (C=O) groups excluding carboxylic acids is 1. The molecule has 20 heavy (non-hydrogen) atoms. The van der Waals surface area contributed by atoms with Crippen LogP contribution in [0, 0.1) is 0 Å². The molecule has 1 aromatic carbocycles. The van der Waals surface area contributed by atoms with E-state index < -0.39 is 0 Å². The summed E-state index contributed by atoms with van der Waals surface area (Å²) in [6, 6.07) is 6.12. The third-order valence-electron chi connectivity index (χ3n) is 3.58. The van der Waals surface area contributed by atoms with Crippen molar-refractivity contribution in [3.05, 3.63) is 34.9 Å². The lowest BCUT2D eigenvalue weighted by atomic mass is 9.90. The van der Waals surface area contributed by atoms with E-state index in [9.17, 15) is 4.79 Å². The fourth-order valence-electron chi connectivity index (χ4n) is 2.46. The van der Waals surface area contributed by atoms with Crippen LogP contribution in [0.15, 0.2) is 23.4 Å². The van der Waals surface area contributed by atoms with E-state index in [0.29, 0.717) is 10.9 Å². The lowest BCUT2D eigenvalue weighted by Gasteiger charge is -2.16. The topological polar surface area (TPSA) is 60.7 Å². The van der Waals surface area contributed by atoms with E-state index in [0.717, 1.165) is 18.4 Å². The molecule has 0 aliphatic heterocycles. The van der Waals surface area contributed by atoms with Gasteiger partial charge in [0.15, 0.2) is 5.78 Å². The van der Waals surface area contributed by atoms with E-state index in [4.69, 9.17) is 0 Å². The third-order valence-corrected chi connectivity index (χ3v) is 4.59. The molecule has 0 bridgehead atoms. The van der Waals surface area contributed by atoms with Gasteiger partial charge in [-0.25, -0.2) is 4.68 Å². The standard InChI is InChI=1S/C14H16N4OS/c1-18-14(15-16-17-18)20-9-13(19)12-7-6-10-4-2-3-5-11(10)8-12/h6-8H,2-5,9H2,1H3. The molecule has 0 amide bonds. The van der Waals surface area contributed by atoms with Crippen molar-refractivity contribution in [2.24, 2.45) is 7.05 Å². The van der Waals surface area contributed by atoms with Crippen molar-refractivity contribution in [1.82, 2.24) is 20.2 Å². The molecule has 2 aromatic rings. The van der Waals surface area contributed by atoms with Gasteiger partial charge in [0.1, 0.15) is 0 Å². The van der Waals surface area contributed by atoms with Crippen LogP contribution in [0.3, 0.4) is 0 Å². The van der Waals surface area contributed by atoms with Crippen molar-refractivity contribution in [1.29, 1.82) is 0 Å². The second kappa shape index (κ2) is 5.75. The van der Waals surface area contributed by atoms with Gasteiger partial charge in [0.25, 0.3) is 0 Å². The molecule has 0 unspecified atom stereocenters. The Labute approximate surface area is 121 Å². The van der Waals surface area contributed by atoms with Crippen LogP contribution in [-0.2, 0) is 19.9 Å². The Hall–Kier alpha value is -1.69. The predicted molar refractivity (Wildman–Crippen MR) is 76.9 cm³/mol. The molecule has 1 aliphatic rings. The van der Waals surface area contributed by atoms with E-state index in [-0.39, 0.29) is 5.78 Å². The molecule has 0 radical (unpaired) electrons. The largest absolute Gasteiger partial charge is 0.293 e. The predicted octanol–water partition coefficient (Wildman–Crippen LogP) is 2.06. The fraction of sp³-hybridized carbons (Fsp3) is 0.429. The molecule has 0 saturated heterocycles. The van der Waals surface area contributed by atoms with Gasteiger partial charge in [0, 0.05) is 12.6 Å². The number of hydrogen-bond donors (Lipinski definition) is 0. The van der Waals surface area contributed by atoms with Crippen molar-refractivity contribution in [2.45, 2.75) is 30.8 Å². The van der Waals surface area contributed by atoms with E-state index in [1.165, 1.54) is 35.7 Å². The minimum absolute atomic E-state index is 0.131. The normalized spacial score (nSPS) is 14.1. The number of aryl methyl sites for hydroxylation is 3. The molecular formula is C14H16N4OS. The first kappa shape index (κ1) is 13.3. The number of fused-ring (bicyclic) bond motifs is 1. The summed E-state index contributed by atoms with van der Waals surface area (Å²) < 4.78 is 1.57. The molecule has 0 N–H and O–H groups in total. The van der Waals surface area contributed by atoms with Crippen LogP contribution in [0.1, 0.15) is 34.3 Å². The average Bonchev–Trinajstić information content (AvgIpc) is 2.89. The van der Waals surface area contributed by atoms with Crippen molar-refractivity contribution in [3.63, 3.8) is 0 Å². The summed E-state index contributed by atoms with van der Waals surface area (Å²) in [6.45, 7) is 0. The van der Waals surface area contributed by atoms with Gasteiger partial charge in [-0.3, -0.25) is 4.79 Å². The number of hydrogen-bond acceptors (Lipinski definition) is 5. The molecule has 6 heteroatoms. The molecule has 3 rings (SSSR count). The van der Waals surface area contributed by atoms with Gasteiger partial charge in [-0.05, 0) is 53.3 Å². The number of rotatable bonds is 4. The number of thioether (sulfide) groups is 1. The minimum atomic E-state index is 0.131. The maximum atomic E-state index is 12.2. The highest BCUT2D eigenvalue weighted by molar-refractivity contribution is 7.99. The number of ketones is 1. The average molecular weight is 288 g/mol. The molecule has 1 aliphatic carbocycles. The summed E-state index contributed by atoms with van der Waals surface area (Å²) in [5.41, 5.74) is 3.54. The zero-order chi connectivity index (χ0) is 13.9. The van der Waals surface area contributed by atoms with Crippen LogP contribution < -0.4 is 0 Å². The van der Waals surface area contributed by atoms with Crippen LogP contribution in [0.4, 0.5) is 0 Å². The Morgan fingerprint density at radius 1 is 1.30 bits per heavy atom. The second-order valence-electron chi connectivity index (χ2n) is 4.99. The van der Waals surface area contributed by atoms with Gasteiger partial charge in [0.05, 0.1) is 5.75 Å². The smallest absolute Gasteiger partial charge is 0.209 e. The first-order valence-electron chi connectivity index (χ1n) is 6.74. The van der Waals surface area contributed by atoms with E-state index in [1.807, 2.05) is 6.07 Å². The van der Waals surface area contributed by atoms with E-state index in [2.05, 4.69) is 27.7 Å². The molecule has 0 saturated carbocycles. The Balaban J connectivity index is 1.69. The lowest BCUT2D eigenvalue weighted by molar-refractivity contribution is 0.102. The van der Waals surface area contributed by atoms with Crippen LogP contribution in [-0.4, -0.2) is 31.7 Å². The highest BCUT2D eigenvalue weighted by Crippen LogP contribution is 2.23. The molecular weight excluding hydrogens is 272 g/mol. The van der Waals surface area contributed by atoms with Crippen LogP contribution in [0.5, 0.6) is 0 Å². The maximum absolute atomic E-state index is 12.2. The van der Waals surface area contributed by atoms with Gasteiger partial charge >= 0.3 is 0 Å². The zero-order valence-corrected chi connectivity index (χ0v) is 12.2. The quantitative estimate of drug-likeness (QED) is 0.636. The van der Waals surface area contributed by atoms with Gasteiger partial charge in [-0.2, -0.15) is 0 Å². The minimum Gasteiger partial charge on any atom is -0.293 e. The highest BCUT2D eigenvalue weighted by Gasteiger charge is 2.14. The van der Waals surface area contributed by atoms with Crippen LogP contribution in [0.2, 0.25) is 0 Å². The summed E-state index contributed by atoms with van der Waals surface area (Å²) in [5.74, 6) is 0.499.